The first-order chi connectivity index (χ1) is 12.1. The molecule has 1 aromatic rings. The zero-order valence-electron chi connectivity index (χ0n) is 13.9. The van der Waals surface area contributed by atoms with E-state index < -0.39 is 23.8 Å². The van der Waals surface area contributed by atoms with Crippen molar-refractivity contribution < 1.29 is 19.1 Å². The first-order valence-electron chi connectivity index (χ1n) is 8.23. The molecule has 2 atom stereocenters. The Kier molecular flexibility index (Phi) is 5.55. The highest BCUT2D eigenvalue weighted by atomic mass is 35.5. The topological polar surface area (TPSA) is 80.2 Å². The number of benzene rings is 1. The van der Waals surface area contributed by atoms with Crippen molar-refractivity contribution in [2.45, 2.75) is 13.0 Å². The largest absolute Gasteiger partial charge is 0.465 e. The normalized spacial score (nSPS) is 23.7. The van der Waals surface area contributed by atoms with Gasteiger partial charge in [0.1, 0.15) is 6.04 Å². The minimum atomic E-state index is -1.02. The second kappa shape index (κ2) is 7.84. The average Bonchev–Trinajstić information content (AvgIpc) is 2.62. The lowest BCUT2D eigenvalue weighted by atomic mass is 9.91. The summed E-state index contributed by atoms with van der Waals surface area (Å²) in [6.45, 7) is 4.32. The highest BCUT2D eigenvalue weighted by Crippen LogP contribution is 2.31. The van der Waals surface area contributed by atoms with Gasteiger partial charge in [0.05, 0.1) is 19.8 Å². The minimum absolute atomic E-state index is 0.204. The first-order valence-corrected chi connectivity index (χ1v) is 8.61. The molecule has 1 saturated heterocycles. The van der Waals surface area contributed by atoms with Crippen molar-refractivity contribution in [2.75, 3.05) is 32.9 Å². The van der Waals surface area contributed by atoms with E-state index in [-0.39, 0.29) is 6.61 Å². The Morgan fingerprint density at radius 3 is 2.68 bits per heavy atom. The maximum Gasteiger partial charge on any atom is 0.321 e. The van der Waals surface area contributed by atoms with Gasteiger partial charge in [-0.15, -0.1) is 0 Å². The molecule has 1 amide bonds. The molecule has 2 aliphatic heterocycles. The number of nitrogens with one attached hydrogen (secondary N) is 1. The van der Waals surface area contributed by atoms with Gasteiger partial charge in [-0.2, -0.15) is 0 Å². The third kappa shape index (κ3) is 3.93. The molecule has 0 bridgehead atoms. The molecule has 25 heavy (non-hydrogen) atoms. The lowest BCUT2D eigenvalue weighted by Gasteiger charge is -2.35. The van der Waals surface area contributed by atoms with Crippen molar-refractivity contribution >= 4 is 29.4 Å². The van der Waals surface area contributed by atoms with E-state index in [0.29, 0.717) is 37.3 Å². The van der Waals surface area contributed by atoms with E-state index in [1.165, 1.54) is 0 Å². The molecule has 3 rings (SSSR count). The number of hydrogen-bond donors (Lipinski definition) is 1. The Bertz CT molecular complexity index is 671. The Labute approximate surface area is 150 Å². The molecule has 0 aliphatic carbocycles. The molecule has 1 N–H and O–H groups in total. The SMILES string of the molecule is CCOC(=O)[C@H]1C(=O)NC(N2CCOCC2)=N[C@@H]1c1ccc(Cl)cc1. The van der Waals surface area contributed by atoms with Crippen LogP contribution in [-0.4, -0.2) is 55.6 Å². The van der Waals surface area contributed by atoms with Gasteiger partial charge >= 0.3 is 5.97 Å². The highest BCUT2D eigenvalue weighted by molar-refractivity contribution is 6.30. The number of carbonyl (C=O) groups is 2. The van der Waals surface area contributed by atoms with E-state index in [9.17, 15) is 9.59 Å². The molecule has 2 aliphatic rings. The molecule has 2 heterocycles. The Morgan fingerprint density at radius 2 is 2.04 bits per heavy atom. The van der Waals surface area contributed by atoms with E-state index >= 15 is 0 Å². The summed E-state index contributed by atoms with van der Waals surface area (Å²) in [5.74, 6) is -1.54. The number of aliphatic imine (C=N–C) groups is 1. The monoisotopic (exact) mass is 365 g/mol. The molecule has 0 aromatic heterocycles. The number of esters is 1. The molecule has 1 aromatic carbocycles. The average molecular weight is 366 g/mol. The first kappa shape index (κ1) is 17.7. The second-order valence-corrected chi connectivity index (χ2v) is 6.20. The van der Waals surface area contributed by atoms with Gasteiger partial charge in [0.15, 0.2) is 5.92 Å². The highest BCUT2D eigenvalue weighted by Gasteiger charge is 2.42. The van der Waals surface area contributed by atoms with Crippen molar-refractivity contribution in [1.82, 2.24) is 10.2 Å². The number of nitrogens with zero attached hydrogens (tertiary/aromatic N) is 2. The van der Waals surface area contributed by atoms with E-state index in [0.717, 1.165) is 5.56 Å². The van der Waals surface area contributed by atoms with Gasteiger partial charge in [-0.25, -0.2) is 4.99 Å². The second-order valence-electron chi connectivity index (χ2n) is 5.77. The van der Waals surface area contributed by atoms with Crippen molar-refractivity contribution in [3.05, 3.63) is 34.9 Å². The van der Waals surface area contributed by atoms with Crippen LogP contribution >= 0.6 is 11.6 Å². The summed E-state index contributed by atoms with van der Waals surface area (Å²) in [5, 5.41) is 3.32. The van der Waals surface area contributed by atoms with Crippen molar-refractivity contribution in [3.63, 3.8) is 0 Å². The molecule has 0 saturated carbocycles. The van der Waals surface area contributed by atoms with Gasteiger partial charge < -0.3 is 14.4 Å². The number of halogens is 1. The summed E-state index contributed by atoms with van der Waals surface area (Å²) in [5.41, 5.74) is 0.739. The summed E-state index contributed by atoms with van der Waals surface area (Å²) in [7, 11) is 0. The summed E-state index contributed by atoms with van der Waals surface area (Å²) in [6.07, 6.45) is 0. The molecule has 0 radical (unpaired) electrons. The van der Waals surface area contributed by atoms with Gasteiger partial charge in [-0.1, -0.05) is 23.7 Å². The number of ether oxygens (including phenoxy) is 2. The van der Waals surface area contributed by atoms with Crippen LogP contribution in [0.5, 0.6) is 0 Å². The third-order valence-electron chi connectivity index (χ3n) is 4.16. The van der Waals surface area contributed by atoms with Gasteiger partial charge in [0.2, 0.25) is 11.9 Å². The maximum atomic E-state index is 12.6. The third-order valence-corrected chi connectivity index (χ3v) is 4.41. The van der Waals surface area contributed by atoms with Gasteiger partial charge in [-0.3, -0.25) is 14.9 Å². The summed E-state index contributed by atoms with van der Waals surface area (Å²) < 4.78 is 10.4. The van der Waals surface area contributed by atoms with Crippen LogP contribution in [0.25, 0.3) is 0 Å². The minimum Gasteiger partial charge on any atom is -0.465 e. The zero-order valence-corrected chi connectivity index (χ0v) is 14.7. The fourth-order valence-corrected chi connectivity index (χ4v) is 3.03. The summed E-state index contributed by atoms with van der Waals surface area (Å²) in [6, 6.07) is 6.34. The van der Waals surface area contributed by atoms with Crippen LogP contribution < -0.4 is 5.32 Å². The van der Waals surface area contributed by atoms with Gasteiger partial charge in [0, 0.05) is 18.1 Å². The molecule has 8 heteroatoms. The molecular weight excluding hydrogens is 346 g/mol. The van der Waals surface area contributed by atoms with Gasteiger partial charge in [-0.05, 0) is 24.6 Å². The maximum absolute atomic E-state index is 12.6. The van der Waals surface area contributed by atoms with E-state index in [2.05, 4.69) is 10.3 Å². The molecule has 7 nitrogen and oxygen atoms in total. The number of amides is 1. The molecule has 0 unspecified atom stereocenters. The van der Waals surface area contributed by atoms with Crippen molar-refractivity contribution in [1.29, 1.82) is 0 Å². The van der Waals surface area contributed by atoms with Gasteiger partial charge in [0.25, 0.3) is 0 Å². The number of guanidine groups is 1. The predicted molar refractivity (Wildman–Crippen MR) is 92.3 cm³/mol. The number of carbonyl (C=O) groups excluding carboxylic acids is 2. The lowest BCUT2D eigenvalue weighted by molar-refractivity contribution is -0.153. The Hall–Kier alpha value is -2.12. The molecule has 0 spiro atoms. The van der Waals surface area contributed by atoms with Crippen LogP contribution in [0.1, 0.15) is 18.5 Å². The van der Waals surface area contributed by atoms with Crippen LogP contribution in [0.2, 0.25) is 5.02 Å². The number of hydrogen-bond acceptors (Lipinski definition) is 6. The van der Waals surface area contributed by atoms with Crippen LogP contribution in [0.15, 0.2) is 29.3 Å². The van der Waals surface area contributed by atoms with E-state index in [4.69, 9.17) is 21.1 Å². The van der Waals surface area contributed by atoms with Crippen LogP contribution in [0.4, 0.5) is 0 Å². The fourth-order valence-electron chi connectivity index (χ4n) is 2.90. The standard InChI is InChI=1S/C17H20ClN3O4/c1-2-25-16(23)13-14(11-3-5-12(18)6-4-11)19-17(20-15(13)22)21-7-9-24-10-8-21/h3-6,13-14H,2,7-10H2,1H3,(H,19,20,22)/t13-,14-/m1/s1. The predicted octanol–water partition coefficient (Wildman–Crippen LogP) is 1.38. The lowest BCUT2D eigenvalue weighted by Crippen LogP contribution is -2.55. The van der Waals surface area contributed by atoms with Crippen molar-refractivity contribution in [2.24, 2.45) is 10.9 Å². The number of rotatable bonds is 3. The van der Waals surface area contributed by atoms with Crippen LogP contribution in [0, 0.1) is 5.92 Å². The Morgan fingerprint density at radius 1 is 1.36 bits per heavy atom. The Balaban J connectivity index is 1.95. The molecular formula is C17H20ClN3O4. The molecule has 1 fully saturated rings. The fraction of sp³-hybridized carbons (Fsp3) is 0.471. The quantitative estimate of drug-likeness (QED) is 0.646. The van der Waals surface area contributed by atoms with Crippen LogP contribution in [0.3, 0.4) is 0 Å². The van der Waals surface area contributed by atoms with E-state index in [1.54, 1.807) is 31.2 Å². The van der Waals surface area contributed by atoms with Crippen LogP contribution in [-0.2, 0) is 19.1 Å². The zero-order chi connectivity index (χ0) is 17.8. The smallest absolute Gasteiger partial charge is 0.321 e. The van der Waals surface area contributed by atoms with Crippen molar-refractivity contribution in [3.8, 4) is 0 Å². The summed E-state index contributed by atoms with van der Waals surface area (Å²) >= 11 is 5.95. The molecule has 134 valence electrons. The van der Waals surface area contributed by atoms with E-state index in [1.807, 2.05) is 4.90 Å². The number of morpholine rings is 1. The summed E-state index contributed by atoms with van der Waals surface area (Å²) in [4.78, 5) is 31.6.